The Labute approximate surface area is 90.7 Å². The fraction of sp³-hybridized carbons (Fsp3) is 0.375. The first kappa shape index (κ1) is 11.5. The van der Waals surface area contributed by atoms with Crippen LogP contribution in [-0.4, -0.2) is 30.2 Å². The summed E-state index contributed by atoms with van der Waals surface area (Å²) >= 11 is 6.86. The van der Waals surface area contributed by atoms with E-state index in [1.165, 1.54) is 11.3 Å². The Hall–Kier alpha value is -0.620. The van der Waals surface area contributed by atoms with Crippen LogP contribution in [0.2, 0.25) is 4.34 Å². The molecule has 0 aliphatic carbocycles. The van der Waals surface area contributed by atoms with Gasteiger partial charge in [-0.15, -0.1) is 11.3 Å². The highest BCUT2D eigenvalue weighted by Gasteiger charge is 2.09. The lowest BCUT2D eigenvalue weighted by molar-refractivity contribution is 0.0924. The zero-order valence-electron chi connectivity index (χ0n) is 7.37. The first-order chi connectivity index (χ1) is 6.63. The number of carbonyl (C=O) groups is 1. The van der Waals surface area contributed by atoms with Gasteiger partial charge >= 0.3 is 0 Å². The van der Waals surface area contributed by atoms with E-state index in [1.807, 2.05) is 0 Å². The normalized spacial score (nSPS) is 12.5. The van der Waals surface area contributed by atoms with Crippen LogP contribution in [0.15, 0.2) is 12.1 Å². The average Bonchev–Trinajstić information content (AvgIpc) is 2.60. The maximum Gasteiger partial charge on any atom is 0.261 e. The number of amides is 1. The summed E-state index contributed by atoms with van der Waals surface area (Å²) in [5.74, 6) is -0.241. The first-order valence-corrected chi connectivity index (χ1v) is 5.24. The summed E-state index contributed by atoms with van der Waals surface area (Å²) in [7, 11) is 0. The van der Waals surface area contributed by atoms with Crippen LogP contribution in [0, 0.1) is 0 Å². The third-order valence-electron chi connectivity index (χ3n) is 1.57. The molecule has 0 unspecified atom stereocenters. The molecule has 1 heterocycles. The van der Waals surface area contributed by atoms with Crippen LogP contribution in [0.4, 0.5) is 0 Å². The van der Waals surface area contributed by atoms with E-state index in [1.54, 1.807) is 12.1 Å². The first-order valence-electron chi connectivity index (χ1n) is 4.05. The molecule has 0 aliphatic rings. The molecule has 0 radical (unpaired) electrons. The zero-order valence-corrected chi connectivity index (χ0v) is 8.94. The standard InChI is InChI=1S/C8H11ClN2O2S/c9-7-2-1-6(14-7)8(13)11-4-5(12)3-10/h1-2,5,12H,3-4,10H2,(H,11,13)/t5-/m0/s1. The van der Waals surface area contributed by atoms with Crippen LogP contribution in [-0.2, 0) is 0 Å². The number of hydrogen-bond donors (Lipinski definition) is 3. The van der Waals surface area contributed by atoms with Gasteiger partial charge in [-0.1, -0.05) is 11.6 Å². The summed E-state index contributed by atoms with van der Waals surface area (Å²) in [6.45, 7) is 0.288. The lowest BCUT2D eigenvalue weighted by Crippen LogP contribution is -2.35. The van der Waals surface area contributed by atoms with E-state index in [0.29, 0.717) is 9.21 Å². The summed E-state index contributed by atoms with van der Waals surface area (Å²) < 4.78 is 0.564. The number of nitrogens with one attached hydrogen (secondary N) is 1. The van der Waals surface area contributed by atoms with Crippen molar-refractivity contribution in [3.63, 3.8) is 0 Å². The maximum atomic E-state index is 11.4. The van der Waals surface area contributed by atoms with Crippen LogP contribution in [0.1, 0.15) is 9.67 Å². The number of aliphatic hydroxyl groups excluding tert-OH is 1. The number of carbonyl (C=O) groups excluding carboxylic acids is 1. The van der Waals surface area contributed by atoms with Crippen LogP contribution in [0.5, 0.6) is 0 Å². The molecule has 4 N–H and O–H groups in total. The van der Waals surface area contributed by atoms with Crippen molar-refractivity contribution in [2.75, 3.05) is 13.1 Å². The molecule has 1 atom stereocenters. The number of halogens is 1. The molecular weight excluding hydrogens is 224 g/mol. The minimum absolute atomic E-state index is 0.130. The summed E-state index contributed by atoms with van der Waals surface area (Å²) in [5, 5.41) is 11.6. The van der Waals surface area contributed by atoms with Crippen molar-refractivity contribution in [2.45, 2.75) is 6.10 Å². The van der Waals surface area contributed by atoms with E-state index in [0.717, 1.165) is 0 Å². The Morgan fingerprint density at radius 1 is 1.71 bits per heavy atom. The van der Waals surface area contributed by atoms with Gasteiger partial charge in [0.2, 0.25) is 0 Å². The molecule has 0 saturated carbocycles. The van der Waals surface area contributed by atoms with Crippen molar-refractivity contribution in [2.24, 2.45) is 5.73 Å². The largest absolute Gasteiger partial charge is 0.390 e. The van der Waals surface area contributed by atoms with Gasteiger partial charge in [-0.25, -0.2) is 0 Å². The molecule has 14 heavy (non-hydrogen) atoms. The number of hydrogen-bond acceptors (Lipinski definition) is 4. The van der Waals surface area contributed by atoms with Crippen LogP contribution < -0.4 is 11.1 Å². The SMILES string of the molecule is NC[C@H](O)CNC(=O)c1ccc(Cl)s1. The maximum absolute atomic E-state index is 11.4. The second-order valence-electron chi connectivity index (χ2n) is 2.70. The predicted molar refractivity (Wildman–Crippen MR) is 56.7 cm³/mol. The molecule has 4 nitrogen and oxygen atoms in total. The molecule has 1 rings (SSSR count). The summed E-state index contributed by atoms with van der Waals surface area (Å²) in [5.41, 5.74) is 5.18. The zero-order chi connectivity index (χ0) is 10.6. The molecule has 1 aromatic rings. The highest BCUT2D eigenvalue weighted by atomic mass is 35.5. The van der Waals surface area contributed by atoms with Gasteiger partial charge in [0.15, 0.2) is 0 Å². The molecule has 0 spiro atoms. The molecule has 0 bridgehead atoms. The molecule has 0 aliphatic heterocycles. The second kappa shape index (κ2) is 5.31. The Morgan fingerprint density at radius 2 is 2.43 bits per heavy atom. The minimum atomic E-state index is -0.700. The Morgan fingerprint density at radius 3 is 2.93 bits per heavy atom. The fourth-order valence-corrected chi connectivity index (χ4v) is 1.78. The number of aliphatic hydroxyl groups is 1. The van der Waals surface area contributed by atoms with Crippen molar-refractivity contribution in [1.82, 2.24) is 5.32 Å². The van der Waals surface area contributed by atoms with E-state index in [2.05, 4.69) is 5.32 Å². The Kier molecular flexibility index (Phi) is 4.34. The van der Waals surface area contributed by atoms with Gasteiger partial charge in [-0.3, -0.25) is 4.79 Å². The van der Waals surface area contributed by atoms with Gasteiger partial charge in [-0.2, -0.15) is 0 Å². The lowest BCUT2D eigenvalue weighted by atomic mass is 10.3. The third kappa shape index (κ3) is 3.26. The van der Waals surface area contributed by atoms with Gasteiger partial charge < -0.3 is 16.2 Å². The van der Waals surface area contributed by atoms with E-state index >= 15 is 0 Å². The molecular formula is C8H11ClN2O2S. The smallest absolute Gasteiger partial charge is 0.261 e. The molecule has 0 aromatic carbocycles. The van der Waals surface area contributed by atoms with Crippen molar-refractivity contribution in [1.29, 1.82) is 0 Å². The topological polar surface area (TPSA) is 75.3 Å². The van der Waals surface area contributed by atoms with Gasteiger partial charge in [-0.05, 0) is 12.1 Å². The Balaban J connectivity index is 2.43. The molecule has 0 fully saturated rings. The fourth-order valence-electron chi connectivity index (χ4n) is 0.817. The Bertz CT molecular complexity index is 316. The van der Waals surface area contributed by atoms with Gasteiger partial charge in [0.05, 0.1) is 15.3 Å². The van der Waals surface area contributed by atoms with Crippen molar-refractivity contribution in [3.8, 4) is 0 Å². The highest BCUT2D eigenvalue weighted by molar-refractivity contribution is 7.17. The van der Waals surface area contributed by atoms with Crippen molar-refractivity contribution >= 4 is 28.8 Å². The summed E-state index contributed by atoms with van der Waals surface area (Å²) in [6.07, 6.45) is -0.700. The van der Waals surface area contributed by atoms with E-state index in [4.69, 9.17) is 22.4 Å². The number of rotatable bonds is 4. The van der Waals surface area contributed by atoms with Crippen molar-refractivity contribution in [3.05, 3.63) is 21.3 Å². The van der Waals surface area contributed by atoms with Gasteiger partial charge in [0.25, 0.3) is 5.91 Å². The summed E-state index contributed by atoms with van der Waals surface area (Å²) in [4.78, 5) is 11.9. The van der Waals surface area contributed by atoms with Crippen molar-refractivity contribution < 1.29 is 9.90 Å². The van der Waals surface area contributed by atoms with Crippen LogP contribution in [0.3, 0.4) is 0 Å². The van der Waals surface area contributed by atoms with Gasteiger partial charge in [0, 0.05) is 13.1 Å². The highest BCUT2D eigenvalue weighted by Crippen LogP contribution is 2.20. The lowest BCUT2D eigenvalue weighted by Gasteiger charge is -2.07. The monoisotopic (exact) mass is 234 g/mol. The molecule has 6 heteroatoms. The summed E-state index contributed by atoms with van der Waals surface area (Å²) in [6, 6.07) is 3.29. The quantitative estimate of drug-likeness (QED) is 0.708. The molecule has 1 amide bonds. The second-order valence-corrected chi connectivity index (χ2v) is 4.42. The van der Waals surface area contributed by atoms with Gasteiger partial charge in [0.1, 0.15) is 0 Å². The molecule has 1 aromatic heterocycles. The van der Waals surface area contributed by atoms with E-state index in [9.17, 15) is 4.79 Å². The minimum Gasteiger partial charge on any atom is -0.390 e. The predicted octanol–water partition coefficient (Wildman–Crippen LogP) is 0.451. The van der Waals surface area contributed by atoms with Crippen LogP contribution in [0.25, 0.3) is 0 Å². The third-order valence-corrected chi connectivity index (χ3v) is 2.80. The number of thiophene rings is 1. The van der Waals surface area contributed by atoms with E-state index in [-0.39, 0.29) is 19.0 Å². The van der Waals surface area contributed by atoms with Crippen LogP contribution >= 0.6 is 22.9 Å². The molecule has 0 saturated heterocycles. The van der Waals surface area contributed by atoms with E-state index < -0.39 is 6.10 Å². The average molecular weight is 235 g/mol. The number of nitrogens with two attached hydrogens (primary N) is 1. The molecule has 78 valence electrons.